The maximum absolute atomic E-state index is 13.1. The van der Waals surface area contributed by atoms with Crippen molar-refractivity contribution in [2.75, 3.05) is 18.0 Å². The van der Waals surface area contributed by atoms with Gasteiger partial charge in [-0.05, 0) is 49.7 Å². The number of aromatic amines is 1. The molecule has 1 aliphatic heterocycles. The number of unbranched alkanes of at least 4 members (excludes halogenated alkanes) is 1. The molecule has 3 heterocycles. The second-order valence-electron chi connectivity index (χ2n) is 8.25. The number of anilines is 1. The van der Waals surface area contributed by atoms with Crippen LogP contribution in [0.15, 0.2) is 36.7 Å². The highest BCUT2D eigenvalue weighted by Gasteiger charge is 2.21. The molecule has 1 aromatic carbocycles. The second kappa shape index (κ2) is 9.57. The number of H-pyrrole nitrogens is 1. The van der Waals surface area contributed by atoms with E-state index in [9.17, 15) is 4.79 Å². The fourth-order valence-electron chi connectivity index (χ4n) is 4.37. The van der Waals surface area contributed by atoms with Gasteiger partial charge in [-0.3, -0.25) is 4.79 Å². The number of thiazole rings is 1. The number of nitrogens with one attached hydrogen (secondary N) is 1. The first-order chi connectivity index (χ1) is 14.2. The summed E-state index contributed by atoms with van der Waals surface area (Å²) < 4.78 is 0. The number of benzene rings is 1. The van der Waals surface area contributed by atoms with Gasteiger partial charge in [-0.2, -0.15) is 0 Å². The average molecular weight is 410 g/mol. The highest BCUT2D eigenvalue weighted by atomic mass is 32.1. The molecule has 0 radical (unpaired) electrons. The summed E-state index contributed by atoms with van der Waals surface area (Å²) in [7, 11) is 0. The van der Waals surface area contributed by atoms with E-state index < -0.39 is 0 Å². The summed E-state index contributed by atoms with van der Waals surface area (Å²) >= 11 is 1.58. The molecule has 0 spiro atoms. The predicted octanol–water partition coefficient (Wildman–Crippen LogP) is 6.24. The Morgan fingerprint density at radius 1 is 1.24 bits per heavy atom. The van der Waals surface area contributed by atoms with Crippen LogP contribution >= 0.6 is 11.3 Å². The number of para-hydroxylation sites is 1. The van der Waals surface area contributed by atoms with E-state index in [1.165, 1.54) is 42.1 Å². The van der Waals surface area contributed by atoms with Crippen LogP contribution in [0.3, 0.4) is 0 Å². The molecule has 4 rings (SSSR count). The Hall–Kier alpha value is -2.14. The van der Waals surface area contributed by atoms with Crippen LogP contribution in [0, 0.1) is 5.92 Å². The van der Waals surface area contributed by atoms with E-state index in [-0.39, 0.29) is 5.78 Å². The molecular formula is C24H31N3OS. The number of ketones is 1. The largest absolute Gasteiger partial charge is 0.361 e. The van der Waals surface area contributed by atoms with Crippen molar-refractivity contribution in [1.29, 1.82) is 0 Å². The average Bonchev–Trinajstić information content (AvgIpc) is 3.41. The Morgan fingerprint density at radius 2 is 2.07 bits per heavy atom. The monoisotopic (exact) mass is 409 g/mol. The Kier molecular flexibility index (Phi) is 6.65. The molecule has 154 valence electrons. The highest BCUT2D eigenvalue weighted by Crippen LogP contribution is 2.29. The minimum absolute atomic E-state index is 0.256. The zero-order valence-corrected chi connectivity index (χ0v) is 18.1. The van der Waals surface area contributed by atoms with E-state index >= 15 is 0 Å². The molecule has 4 nitrogen and oxygen atoms in total. The standard InChI is InChI=1S/C24H31N3OS/c1-2-3-9-18(14-19-16-25-21-11-6-5-10-20(19)21)15-22(28)23-17-26-24(29-23)27-12-7-4-8-13-27/h5-6,10-11,16-18,25H,2-4,7-9,12-15H2,1H3. The number of aromatic nitrogens is 2. The van der Waals surface area contributed by atoms with Crippen molar-refractivity contribution in [2.45, 2.75) is 58.3 Å². The van der Waals surface area contributed by atoms with Gasteiger partial charge in [-0.1, -0.05) is 49.3 Å². The third-order valence-electron chi connectivity index (χ3n) is 6.02. The van der Waals surface area contributed by atoms with Crippen LogP contribution in [0.5, 0.6) is 0 Å². The van der Waals surface area contributed by atoms with Gasteiger partial charge in [0, 0.05) is 36.6 Å². The molecule has 29 heavy (non-hydrogen) atoms. The van der Waals surface area contributed by atoms with E-state index in [0.717, 1.165) is 42.4 Å². The Morgan fingerprint density at radius 3 is 2.90 bits per heavy atom. The van der Waals surface area contributed by atoms with Crippen LogP contribution in [0.2, 0.25) is 0 Å². The first-order valence-corrected chi connectivity index (χ1v) is 11.8. The van der Waals surface area contributed by atoms with Crippen molar-refractivity contribution in [3.05, 3.63) is 47.1 Å². The zero-order valence-electron chi connectivity index (χ0n) is 17.3. The number of piperidine rings is 1. The van der Waals surface area contributed by atoms with Gasteiger partial charge in [0.15, 0.2) is 10.9 Å². The van der Waals surface area contributed by atoms with Crippen molar-refractivity contribution >= 4 is 33.2 Å². The normalized spacial score (nSPS) is 15.7. The lowest BCUT2D eigenvalue weighted by molar-refractivity contribution is 0.0962. The van der Waals surface area contributed by atoms with Gasteiger partial charge in [0.2, 0.25) is 0 Å². The van der Waals surface area contributed by atoms with Crippen LogP contribution in [0.1, 0.15) is 67.1 Å². The van der Waals surface area contributed by atoms with Crippen molar-refractivity contribution in [1.82, 2.24) is 9.97 Å². The zero-order chi connectivity index (χ0) is 20.1. The van der Waals surface area contributed by atoms with Gasteiger partial charge in [0.05, 0.1) is 11.1 Å². The van der Waals surface area contributed by atoms with Gasteiger partial charge in [-0.25, -0.2) is 4.98 Å². The number of rotatable bonds is 9. The van der Waals surface area contributed by atoms with Gasteiger partial charge in [-0.15, -0.1) is 0 Å². The van der Waals surface area contributed by atoms with Crippen LogP contribution < -0.4 is 4.90 Å². The quantitative estimate of drug-likeness (QED) is 0.426. The summed E-state index contributed by atoms with van der Waals surface area (Å²) in [6.07, 6.45) is 12.7. The van der Waals surface area contributed by atoms with Crippen molar-refractivity contribution in [2.24, 2.45) is 5.92 Å². The van der Waals surface area contributed by atoms with E-state index in [1.54, 1.807) is 17.5 Å². The number of nitrogens with zero attached hydrogens (tertiary/aromatic N) is 2. The first-order valence-electron chi connectivity index (χ1n) is 11.0. The van der Waals surface area contributed by atoms with E-state index in [0.29, 0.717) is 12.3 Å². The summed E-state index contributed by atoms with van der Waals surface area (Å²) in [5.74, 6) is 0.633. The lowest BCUT2D eigenvalue weighted by Crippen LogP contribution is -2.29. The summed E-state index contributed by atoms with van der Waals surface area (Å²) in [5.41, 5.74) is 2.50. The predicted molar refractivity (Wildman–Crippen MR) is 122 cm³/mol. The molecule has 1 unspecified atom stereocenters. The maximum atomic E-state index is 13.1. The molecule has 5 heteroatoms. The van der Waals surface area contributed by atoms with Gasteiger partial charge in [0.1, 0.15) is 0 Å². The van der Waals surface area contributed by atoms with E-state index in [1.807, 2.05) is 0 Å². The Bertz CT molecular complexity index is 938. The smallest absolute Gasteiger partial charge is 0.185 e. The van der Waals surface area contributed by atoms with Crippen molar-refractivity contribution < 1.29 is 4.79 Å². The second-order valence-corrected chi connectivity index (χ2v) is 9.26. The van der Waals surface area contributed by atoms with Gasteiger partial charge in [0.25, 0.3) is 0 Å². The summed E-state index contributed by atoms with van der Waals surface area (Å²) in [6.45, 7) is 4.36. The third-order valence-corrected chi connectivity index (χ3v) is 7.12. The summed E-state index contributed by atoms with van der Waals surface area (Å²) in [5, 5.41) is 2.31. The minimum atomic E-state index is 0.256. The number of carbonyl (C=O) groups excluding carboxylic acids is 1. The Balaban J connectivity index is 1.44. The SMILES string of the molecule is CCCCC(CC(=O)c1cnc(N2CCCCC2)s1)Cc1c[nH]c2ccccc12. The number of hydrogen-bond acceptors (Lipinski definition) is 4. The molecule has 3 aromatic rings. The maximum Gasteiger partial charge on any atom is 0.185 e. The molecule has 1 N–H and O–H groups in total. The highest BCUT2D eigenvalue weighted by molar-refractivity contribution is 7.17. The molecule has 1 fully saturated rings. The number of fused-ring (bicyclic) bond motifs is 1. The molecule has 0 amide bonds. The van der Waals surface area contributed by atoms with E-state index in [4.69, 9.17) is 0 Å². The fourth-order valence-corrected chi connectivity index (χ4v) is 5.28. The number of Topliss-reactive ketones (excluding diaryl/α,β-unsaturated/α-hetero) is 1. The minimum Gasteiger partial charge on any atom is -0.361 e. The van der Waals surface area contributed by atoms with Gasteiger partial charge < -0.3 is 9.88 Å². The third kappa shape index (κ3) is 4.89. The van der Waals surface area contributed by atoms with Crippen molar-refractivity contribution in [3.63, 3.8) is 0 Å². The fraction of sp³-hybridized carbons (Fsp3) is 0.500. The van der Waals surface area contributed by atoms with Crippen LogP contribution in [-0.2, 0) is 6.42 Å². The lowest BCUT2D eigenvalue weighted by atomic mass is 9.89. The molecule has 1 atom stereocenters. The molecule has 0 aliphatic carbocycles. The van der Waals surface area contributed by atoms with Gasteiger partial charge >= 0.3 is 0 Å². The molecule has 0 saturated carbocycles. The van der Waals surface area contributed by atoms with E-state index in [2.05, 4.69) is 52.3 Å². The number of carbonyl (C=O) groups is 1. The molecular weight excluding hydrogens is 378 g/mol. The lowest BCUT2D eigenvalue weighted by Gasteiger charge is -2.25. The van der Waals surface area contributed by atoms with Crippen LogP contribution in [-0.4, -0.2) is 28.8 Å². The molecule has 0 bridgehead atoms. The first kappa shape index (κ1) is 20.1. The topological polar surface area (TPSA) is 49.0 Å². The van der Waals surface area contributed by atoms with Crippen molar-refractivity contribution in [3.8, 4) is 0 Å². The molecule has 1 saturated heterocycles. The Labute approximate surface area is 177 Å². The molecule has 2 aromatic heterocycles. The summed E-state index contributed by atoms with van der Waals surface area (Å²) in [4.78, 5) is 24.2. The van der Waals surface area contributed by atoms with Crippen LogP contribution in [0.4, 0.5) is 5.13 Å². The number of hydrogen-bond donors (Lipinski definition) is 1. The molecule has 1 aliphatic rings. The van der Waals surface area contributed by atoms with Crippen LogP contribution in [0.25, 0.3) is 10.9 Å². The summed E-state index contributed by atoms with van der Waals surface area (Å²) in [6, 6.07) is 8.44.